The Labute approximate surface area is 139 Å². The number of carboxylic acid groups (broad SMARTS) is 1. The van der Waals surface area contributed by atoms with Crippen LogP contribution in [0, 0.1) is 5.82 Å². The summed E-state index contributed by atoms with van der Waals surface area (Å²) < 4.78 is 13.4. The molecule has 0 fully saturated rings. The Morgan fingerprint density at radius 1 is 1.33 bits per heavy atom. The number of carboxylic acids is 1. The molecule has 8 heteroatoms. The standard InChI is InChI=1S/C16H20FN3O4/c1-19(2)5-6-20(9-15(22)23)16(24)12-8-14(21)18-13-7-10(17)3-4-11(12)13/h3-4,7,12H,5-6,8-9H2,1-2H3,(H,18,21)(H,22,23). The molecule has 0 bridgehead atoms. The van der Waals surface area contributed by atoms with Gasteiger partial charge in [0.2, 0.25) is 11.8 Å². The molecule has 1 aliphatic rings. The molecule has 1 unspecified atom stereocenters. The number of amides is 2. The van der Waals surface area contributed by atoms with E-state index in [1.807, 2.05) is 19.0 Å². The minimum Gasteiger partial charge on any atom is -0.480 e. The fourth-order valence-corrected chi connectivity index (χ4v) is 2.63. The maximum Gasteiger partial charge on any atom is 0.323 e. The highest BCUT2D eigenvalue weighted by Gasteiger charge is 2.34. The van der Waals surface area contributed by atoms with E-state index in [1.165, 1.54) is 17.0 Å². The van der Waals surface area contributed by atoms with Crippen LogP contribution < -0.4 is 5.32 Å². The molecule has 1 heterocycles. The lowest BCUT2D eigenvalue weighted by molar-refractivity contribution is -0.145. The monoisotopic (exact) mass is 337 g/mol. The number of halogens is 1. The van der Waals surface area contributed by atoms with E-state index in [2.05, 4.69) is 5.32 Å². The van der Waals surface area contributed by atoms with Gasteiger partial charge in [0.15, 0.2) is 0 Å². The normalized spacial score (nSPS) is 16.5. The minimum atomic E-state index is -1.12. The number of anilines is 1. The number of likely N-dealkylation sites (N-methyl/N-ethyl adjacent to an activating group) is 1. The third-order valence-electron chi connectivity index (χ3n) is 3.81. The number of benzene rings is 1. The third-order valence-corrected chi connectivity index (χ3v) is 3.81. The largest absolute Gasteiger partial charge is 0.480 e. The van der Waals surface area contributed by atoms with E-state index in [1.54, 1.807) is 0 Å². The van der Waals surface area contributed by atoms with Crippen molar-refractivity contribution in [3.63, 3.8) is 0 Å². The van der Waals surface area contributed by atoms with Crippen molar-refractivity contribution in [1.82, 2.24) is 9.80 Å². The molecule has 0 aliphatic carbocycles. The average Bonchev–Trinajstić information content (AvgIpc) is 2.48. The Kier molecular flexibility index (Phi) is 5.50. The number of hydrogen-bond acceptors (Lipinski definition) is 4. The van der Waals surface area contributed by atoms with Crippen molar-refractivity contribution >= 4 is 23.5 Å². The summed E-state index contributed by atoms with van der Waals surface area (Å²) in [6.45, 7) is 0.280. The van der Waals surface area contributed by atoms with Gasteiger partial charge in [-0.25, -0.2) is 4.39 Å². The van der Waals surface area contributed by atoms with Gasteiger partial charge in [-0.05, 0) is 31.8 Å². The number of carbonyl (C=O) groups excluding carboxylic acids is 2. The SMILES string of the molecule is CN(C)CCN(CC(=O)O)C(=O)C1CC(=O)Nc2cc(F)ccc21. The Balaban J connectivity index is 2.28. The lowest BCUT2D eigenvalue weighted by Crippen LogP contribution is -2.44. The summed E-state index contributed by atoms with van der Waals surface area (Å²) in [6.07, 6.45) is -0.0877. The van der Waals surface area contributed by atoms with Crippen LogP contribution in [0.15, 0.2) is 18.2 Å². The fraction of sp³-hybridized carbons (Fsp3) is 0.438. The second-order valence-corrected chi connectivity index (χ2v) is 5.99. The molecule has 1 aliphatic heterocycles. The van der Waals surface area contributed by atoms with Crippen molar-refractivity contribution in [2.24, 2.45) is 0 Å². The van der Waals surface area contributed by atoms with Crippen LogP contribution in [0.4, 0.5) is 10.1 Å². The molecule has 2 N–H and O–H groups in total. The van der Waals surface area contributed by atoms with Crippen molar-refractivity contribution in [3.8, 4) is 0 Å². The number of nitrogens with one attached hydrogen (secondary N) is 1. The highest BCUT2D eigenvalue weighted by molar-refractivity contribution is 6.01. The molecule has 1 aromatic rings. The Hall–Kier alpha value is -2.48. The van der Waals surface area contributed by atoms with Crippen LogP contribution in [-0.4, -0.2) is 66.4 Å². The number of carbonyl (C=O) groups is 3. The Bertz CT molecular complexity index is 663. The molecule has 2 amide bonds. The van der Waals surface area contributed by atoms with Crippen molar-refractivity contribution in [2.75, 3.05) is 39.0 Å². The van der Waals surface area contributed by atoms with Gasteiger partial charge in [-0.1, -0.05) is 6.07 Å². The van der Waals surface area contributed by atoms with Gasteiger partial charge in [0.1, 0.15) is 12.4 Å². The van der Waals surface area contributed by atoms with Crippen molar-refractivity contribution < 1.29 is 23.9 Å². The molecule has 24 heavy (non-hydrogen) atoms. The molecular formula is C16H20FN3O4. The van der Waals surface area contributed by atoms with Gasteiger partial charge in [-0.15, -0.1) is 0 Å². The van der Waals surface area contributed by atoms with E-state index < -0.39 is 36.1 Å². The molecular weight excluding hydrogens is 317 g/mol. The molecule has 2 rings (SSSR count). The summed E-state index contributed by atoms with van der Waals surface area (Å²) in [4.78, 5) is 38.8. The van der Waals surface area contributed by atoms with Gasteiger partial charge >= 0.3 is 5.97 Å². The first-order chi connectivity index (χ1) is 11.3. The maximum absolute atomic E-state index is 13.4. The van der Waals surface area contributed by atoms with Gasteiger partial charge < -0.3 is 20.2 Å². The summed E-state index contributed by atoms with van der Waals surface area (Å²) in [7, 11) is 3.63. The number of hydrogen-bond donors (Lipinski definition) is 2. The highest BCUT2D eigenvalue weighted by atomic mass is 19.1. The first-order valence-corrected chi connectivity index (χ1v) is 7.52. The summed E-state index contributed by atoms with van der Waals surface area (Å²) in [5.41, 5.74) is 0.758. The molecule has 7 nitrogen and oxygen atoms in total. The molecule has 1 aromatic carbocycles. The average molecular weight is 337 g/mol. The summed E-state index contributed by atoms with van der Waals surface area (Å²) in [5.74, 6) is -3.29. The number of fused-ring (bicyclic) bond motifs is 1. The lowest BCUT2D eigenvalue weighted by Gasteiger charge is -2.30. The molecule has 0 aromatic heterocycles. The van der Waals surface area contributed by atoms with Crippen LogP contribution in [0.3, 0.4) is 0 Å². The predicted molar refractivity (Wildman–Crippen MR) is 85.2 cm³/mol. The first-order valence-electron chi connectivity index (χ1n) is 7.52. The summed E-state index contributed by atoms with van der Waals surface area (Å²) in [5, 5.41) is 11.6. The van der Waals surface area contributed by atoms with Gasteiger partial charge in [0.05, 0.1) is 5.92 Å². The summed E-state index contributed by atoms with van der Waals surface area (Å²) in [6, 6.07) is 3.84. The van der Waals surface area contributed by atoms with E-state index in [0.29, 0.717) is 12.1 Å². The third kappa shape index (κ3) is 4.29. The molecule has 0 radical (unpaired) electrons. The molecule has 130 valence electrons. The molecule has 0 saturated heterocycles. The van der Waals surface area contributed by atoms with Crippen molar-refractivity contribution in [1.29, 1.82) is 0 Å². The van der Waals surface area contributed by atoms with Crippen LogP contribution in [0.2, 0.25) is 0 Å². The minimum absolute atomic E-state index is 0.0877. The molecule has 0 spiro atoms. The predicted octanol–water partition coefficient (Wildman–Crippen LogP) is 0.726. The van der Waals surface area contributed by atoms with Gasteiger partial charge in [-0.3, -0.25) is 14.4 Å². The first kappa shape index (κ1) is 17.9. The van der Waals surface area contributed by atoms with E-state index >= 15 is 0 Å². The second-order valence-electron chi connectivity index (χ2n) is 5.99. The number of nitrogens with zero attached hydrogens (tertiary/aromatic N) is 2. The van der Waals surface area contributed by atoms with Crippen molar-refractivity contribution in [2.45, 2.75) is 12.3 Å². The zero-order chi connectivity index (χ0) is 17.9. The van der Waals surface area contributed by atoms with Gasteiger partial charge in [0.25, 0.3) is 0 Å². The van der Waals surface area contributed by atoms with E-state index in [0.717, 1.165) is 6.07 Å². The van der Waals surface area contributed by atoms with Crippen LogP contribution in [-0.2, 0) is 14.4 Å². The Morgan fingerprint density at radius 3 is 2.67 bits per heavy atom. The van der Waals surface area contributed by atoms with Crippen LogP contribution in [0.1, 0.15) is 17.9 Å². The van der Waals surface area contributed by atoms with Crippen LogP contribution >= 0.6 is 0 Å². The van der Waals surface area contributed by atoms with E-state index in [4.69, 9.17) is 5.11 Å². The molecule has 1 atom stereocenters. The maximum atomic E-state index is 13.4. The summed E-state index contributed by atoms with van der Waals surface area (Å²) >= 11 is 0. The second kappa shape index (κ2) is 7.39. The highest BCUT2D eigenvalue weighted by Crippen LogP contribution is 2.34. The van der Waals surface area contributed by atoms with Crippen molar-refractivity contribution in [3.05, 3.63) is 29.6 Å². The van der Waals surface area contributed by atoms with Gasteiger partial charge in [0, 0.05) is 25.2 Å². The fourth-order valence-electron chi connectivity index (χ4n) is 2.63. The zero-order valence-electron chi connectivity index (χ0n) is 13.6. The van der Waals surface area contributed by atoms with Crippen LogP contribution in [0.5, 0.6) is 0 Å². The zero-order valence-corrected chi connectivity index (χ0v) is 13.6. The number of aliphatic carboxylic acids is 1. The van der Waals surface area contributed by atoms with E-state index in [9.17, 15) is 18.8 Å². The van der Waals surface area contributed by atoms with Crippen LogP contribution in [0.25, 0.3) is 0 Å². The Morgan fingerprint density at radius 2 is 2.04 bits per heavy atom. The quantitative estimate of drug-likeness (QED) is 0.799. The van der Waals surface area contributed by atoms with E-state index in [-0.39, 0.29) is 18.7 Å². The number of rotatable bonds is 6. The lowest BCUT2D eigenvalue weighted by atomic mass is 9.89. The molecule has 0 saturated carbocycles. The van der Waals surface area contributed by atoms with Gasteiger partial charge in [-0.2, -0.15) is 0 Å². The smallest absolute Gasteiger partial charge is 0.323 e. The topological polar surface area (TPSA) is 90.0 Å².